The van der Waals surface area contributed by atoms with Crippen LogP contribution in [-0.2, 0) is 0 Å². The summed E-state index contributed by atoms with van der Waals surface area (Å²) >= 11 is 0. The van der Waals surface area contributed by atoms with Crippen LogP contribution in [0, 0.1) is 6.92 Å². The second-order valence-corrected chi connectivity index (χ2v) is 4.27. The van der Waals surface area contributed by atoms with Crippen molar-refractivity contribution in [3.05, 3.63) is 23.5 Å². The van der Waals surface area contributed by atoms with Crippen LogP contribution in [0.1, 0.15) is 28.9 Å². The molecule has 1 saturated heterocycles. The van der Waals surface area contributed by atoms with Crippen LogP contribution in [0.4, 0.5) is 0 Å². The predicted octanol–water partition coefficient (Wildman–Crippen LogP) is 0.620. The minimum atomic E-state index is -0.473. The van der Waals surface area contributed by atoms with Gasteiger partial charge in [-0.1, -0.05) is 0 Å². The van der Waals surface area contributed by atoms with E-state index in [-0.39, 0.29) is 0 Å². The van der Waals surface area contributed by atoms with Crippen molar-refractivity contribution in [1.29, 1.82) is 0 Å². The third kappa shape index (κ3) is 2.94. The normalized spacial score (nSPS) is 19.2. The van der Waals surface area contributed by atoms with Crippen LogP contribution in [-0.4, -0.2) is 30.1 Å². The number of nitrogens with two attached hydrogens (primary N) is 1. The summed E-state index contributed by atoms with van der Waals surface area (Å²) < 4.78 is 5.60. The fraction of sp³-hybridized carbons (Fsp3) is 0.500. The summed E-state index contributed by atoms with van der Waals surface area (Å²) in [5, 5.41) is 3.34. The SMILES string of the molecule is Cc1ncc(OC[C@H]2CCCN2)cc1C(N)=O. The van der Waals surface area contributed by atoms with Crippen LogP contribution in [0.2, 0.25) is 0 Å². The van der Waals surface area contributed by atoms with Crippen LogP contribution in [0.15, 0.2) is 12.3 Å². The lowest BCUT2D eigenvalue weighted by atomic mass is 10.2. The molecule has 5 nitrogen and oxygen atoms in total. The van der Waals surface area contributed by atoms with E-state index in [9.17, 15) is 4.79 Å². The zero-order valence-corrected chi connectivity index (χ0v) is 9.90. The number of rotatable bonds is 4. The molecule has 3 N–H and O–H groups in total. The summed E-state index contributed by atoms with van der Waals surface area (Å²) in [7, 11) is 0. The van der Waals surface area contributed by atoms with Crippen LogP contribution < -0.4 is 15.8 Å². The lowest BCUT2D eigenvalue weighted by Crippen LogP contribution is -2.28. The zero-order valence-electron chi connectivity index (χ0n) is 9.90. The van der Waals surface area contributed by atoms with Crippen LogP contribution in [0.25, 0.3) is 0 Å². The predicted molar refractivity (Wildman–Crippen MR) is 64.0 cm³/mol. The molecule has 1 atom stereocenters. The molecule has 17 heavy (non-hydrogen) atoms. The molecule has 1 aromatic rings. The van der Waals surface area contributed by atoms with Crippen molar-refractivity contribution in [3.8, 4) is 5.75 Å². The summed E-state index contributed by atoms with van der Waals surface area (Å²) in [4.78, 5) is 15.2. The number of hydrogen-bond donors (Lipinski definition) is 2. The third-order valence-corrected chi connectivity index (χ3v) is 2.94. The number of carbonyl (C=O) groups excluding carboxylic acids is 1. The molecule has 0 spiro atoms. The van der Waals surface area contributed by atoms with Crippen LogP contribution >= 0.6 is 0 Å². The number of primary amides is 1. The summed E-state index contributed by atoms with van der Waals surface area (Å²) in [6.45, 7) is 3.40. The zero-order chi connectivity index (χ0) is 12.3. The third-order valence-electron chi connectivity index (χ3n) is 2.94. The number of aromatic nitrogens is 1. The van der Waals surface area contributed by atoms with E-state index >= 15 is 0 Å². The van der Waals surface area contributed by atoms with Gasteiger partial charge in [-0.05, 0) is 32.4 Å². The molecule has 0 unspecified atom stereocenters. The number of carbonyl (C=O) groups is 1. The largest absolute Gasteiger partial charge is 0.490 e. The molecular formula is C12H17N3O2. The number of nitrogens with one attached hydrogen (secondary N) is 1. The van der Waals surface area contributed by atoms with Gasteiger partial charge in [0.15, 0.2) is 0 Å². The van der Waals surface area contributed by atoms with Crippen molar-refractivity contribution in [2.45, 2.75) is 25.8 Å². The molecule has 2 heterocycles. The van der Waals surface area contributed by atoms with E-state index in [4.69, 9.17) is 10.5 Å². The first-order chi connectivity index (χ1) is 8.16. The maximum atomic E-state index is 11.1. The highest BCUT2D eigenvalue weighted by Gasteiger charge is 2.15. The molecule has 1 fully saturated rings. The van der Waals surface area contributed by atoms with Gasteiger partial charge in [0, 0.05) is 6.04 Å². The Bertz CT molecular complexity index is 414. The number of ether oxygens (including phenoxy) is 1. The van der Waals surface area contributed by atoms with Crippen molar-refractivity contribution in [3.63, 3.8) is 0 Å². The van der Waals surface area contributed by atoms with E-state index in [1.54, 1.807) is 19.2 Å². The Hall–Kier alpha value is -1.62. The molecule has 1 aromatic heterocycles. The standard InChI is InChI=1S/C12H17N3O2/c1-8-11(12(13)16)5-10(6-15-8)17-7-9-3-2-4-14-9/h5-6,9,14H,2-4,7H2,1H3,(H2,13,16)/t9-/m1/s1. The average Bonchev–Trinajstić information content (AvgIpc) is 2.80. The highest BCUT2D eigenvalue weighted by atomic mass is 16.5. The molecule has 1 amide bonds. The molecule has 5 heteroatoms. The fourth-order valence-electron chi connectivity index (χ4n) is 1.94. The molecule has 1 aliphatic rings. The first-order valence-corrected chi connectivity index (χ1v) is 5.79. The van der Waals surface area contributed by atoms with E-state index in [0.717, 1.165) is 13.0 Å². The van der Waals surface area contributed by atoms with Gasteiger partial charge in [0.1, 0.15) is 12.4 Å². The summed E-state index contributed by atoms with van der Waals surface area (Å²) in [6.07, 6.45) is 3.94. The van der Waals surface area contributed by atoms with Gasteiger partial charge >= 0.3 is 0 Å². The average molecular weight is 235 g/mol. The van der Waals surface area contributed by atoms with Gasteiger partial charge in [-0.25, -0.2) is 0 Å². The van der Waals surface area contributed by atoms with Crippen molar-refractivity contribution in [2.75, 3.05) is 13.2 Å². The summed E-state index contributed by atoms with van der Waals surface area (Å²) in [6, 6.07) is 2.05. The Morgan fingerprint density at radius 2 is 2.53 bits per heavy atom. The van der Waals surface area contributed by atoms with Crippen LogP contribution in [0.5, 0.6) is 5.75 Å². The Morgan fingerprint density at radius 1 is 1.71 bits per heavy atom. The first-order valence-electron chi connectivity index (χ1n) is 5.79. The molecule has 0 saturated carbocycles. The minimum absolute atomic E-state index is 0.397. The molecule has 0 radical (unpaired) electrons. The Kier molecular flexibility index (Phi) is 3.58. The van der Waals surface area contributed by atoms with Gasteiger partial charge in [0.25, 0.3) is 5.91 Å². The minimum Gasteiger partial charge on any atom is -0.490 e. The van der Waals surface area contributed by atoms with E-state index in [2.05, 4.69) is 10.3 Å². The molecule has 0 bridgehead atoms. The number of amides is 1. The second-order valence-electron chi connectivity index (χ2n) is 4.27. The van der Waals surface area contributed by atoms with E-state index < -0.39 is 5.91 Å². The molecule has 1 aliphatic heterocycles. The summed E-state index contributed by atoms with van der Waals surface area (Å²) in [5.74, 6) is 0.123. The van der Waals surface area contributed by atoms with Crippen molar-refractivity contribution < 1.29 is 9.53 Å². The van der Waals surface area contributed by atoms with Gasteiger partial charge in [-0.2, -0.15) is 0 Å². The lowest BCUT2D eigenvalue weighted by molar-refractivity contribution is 0.0998. The van der Waals surface area contributed by atoms with E-state index in [1.165, 1.54) is 6.42 Å². The monoisotopic (exact) mass is 235 g/mol. The number of pyridine rings is 1. The smallest absolute Gasteiger partial charge is 0.250 e. The second kappa shape index (κ2) is 5.14. The summed E-state index contributed by atoms with van der Waals surface area (Å²) in [5.41, 5.74) is 6.30. The van der Waals surface area contributed by atoms with E-state index in [1.807, 2.05) is 0 Å². The van der Waals surface area contributed by atoms with Gasteiger partial charge in [-0.15, -0.1) is 0 Å². The van der Waals surface area contributed by atoms with Crippen molar-refractivity contribution in [1.82, 2.24) is 10.3 Å². The maximum Gasteiger partial charge on any atom is 0.250 e. The lowest BCUT2D eigenvalue weighted by Gasteiger charge is -2.12. The molecular weight excluding hydrogens is 218 g/mol. The van der Waals surface area contributed by atoms with Gasteiger partial charge in [0.2, 0.25) is 0 Å². The Balaban J connectivity index is 2.00. The Labute approximate surface area is 100 Å². The highest BCUT2D eigenvalue weighted by molar-refractivity contribution is 5.94. The first kappa shape index (κ1) is 11.9. The number of hydrogen-bond acceptors (Lipinski definition) is 4. The van der Waals surface area contributed by atoms with E-state index in [0.29, 0.717) is 29.7 Å². The van der Waals surface area contributed by atoms with Gasteiger partial charge < -0.3 is 15.8 Å². The van der Waals surface area contributed by atoms with Crippen LogP contribution in [0.3, 0.4) is 0 Å². The quantitative estimate of drug-likeness (QED) is 0.802. The van der Waals surface area contributed by atoms with Gasteiger partial charge in [-0.3, -0.25) is 9.78 Å². The van der Waals surface area contributed by atoms with Crippen molar-refractivity contribution >= 4 is 5.91 Å². The molecule has 92 valence electrons. The number of aryl methyl sites for hydroxylation is 1. The molecule has 0 aliphatic carbocycles. The number of nitrogens with zero attached hydrogens (tertiary/aromatic N) is 1. The highest BCUT2D eigenvalue weighted by Crippen LogP contribution is 2.15. The van der Waals surface area contributed by atoms with Crippen molar-refractivity contribution in [2.24, 2.45) is 5.73 Å². The molecule has 2 rings (SSSR count). The maximum absolute atomic E-state index is 11.1. The Morgan fingerprint density at radius 3 is 3.18 bits per heavy atom. The fourth-order valence-corrected chi connectivity index (χ4v) is 1.94. The topological polar surface area (TPSA) is 77.2 Å². The van der Waals surface area contributed by atoms with Gasteiger partial charge in [0.05, 0.1) is 17.5 Å². The molecule has 0 aromatic carbocycles.